The number of sulfone groups is 1. The summed E-state index contributed by atoms with van der Waals surface area (Å²) in [5.74, 6) is -3.51. The number of alkyl halides is 3. The number of hydrogen-bond donors (Lipinski definition) is 1. The number of aromatic nitrogens is 1. The van der Waals surface area contributed by atoms with Crippen LogP contribution in [0, 0.1) is 5.92 Å². The molecule has 1 aliphatic carbocycles. The molecule has 0 bridgehead atoms. The summed E-state index contributed by atoms with van der Waals surface area (Å²) in [6.45, 7) is 7.52. The zero-order valence-corrected chi connectivity index (χ0v) is 23.5. The molecule has 3 rings (SSSR count). The molecule has 216 valence electrons. The quantitative estimate of drug-likeness (QED) is 0.385. The zero-order valence-electron chi connectivity index (χ0n) is 22.7. The van der Waals surface area contributed by atoms with Crippen LogP contribution < -0.4 is 9.64 Å². The summed E-state index contributed by atoms with van der Waals surface area (Å²) in [5.41, 5.74) is -1.65. The molecule has 0 aliphatic heterocycles. The molecule has 1 saturated carbocycles. The number of halogens is 3. The van der Waals surface area contributed by atoms with Gasteiger partial charge in [0.05, 0.1) is 17.0 Å². The largest absolute Gasteiger partial charge is 0.478 e. The van der Waals surface area contributed by atoms with Crippen molar-refractivity contribution in [3.63, 3.8) is 0 Å². The Bertz CT molecular complexity index is 1270. The van der Waals surface area contributed by atoms with Crippen molar-refractivity contribution in [2.75, 3.05) is 11.2 Å². The van der Waals surface area contributed by atoms with Gasteiger partial charge in [-0.2, -0.15) is 13.2 Å². The second-order valence-corrected chi connectivity index (χ2v) is 11.6. The van der Waals surface area contributed by atoms with Crippen LogP contribution in [-0.4, -0.2) is 42.7 Å². The van der Waals surface area contributed by atoms with Crippen LogP contribution in [0.5, 0.6) is 11.6 Å². The number of ether oxygens (including phenoxy) is 1. The maximum atomic E-state index is 13.7. The lowest BCUT2D eigenvalue weighted by molar-refractivity contribution is -0.139. The van der Waals surface area contributed by atoms with Gasteiger partial charge in [0.15, 0.2) is 9.84 Å². The summed E-state index contributed by atoms with van der Waals surface area (Å²) in [6, 6.07) is 3.94. The first-order valence-corrected chi connectivity index (χ1v) is 14.9. The Balaban J connectivity index is 0.00000260. The van der Waals surface area contributed by atoms with Crippen LogP contribution in [0.2, 0.25) is 0 Å². The summed E-state index contributed by atoms with van der Waals surface area (Å²) in [4.78, 5) is 30.5. The number of carboxylic acids is 1. The molecule has 1 amide bonds. The number of nitrogens with zero attached hydrogens (tertiary/aromatic N) is 2. The molecule has 8 nitrogen and oxygen atoms in total. The fourth-order valence-electron chi connectivity index (χ4n) is 4.43. The monoisotopic (exact) mass is 572 g/mol. The van der Waals surface area contributed by atoms with Gasteiger partial charge in [-0.15, -0.1) is 0 Å². The number of carbonyl (C=O) groups is 2. The predicted octanol–water partition coefficient (Wildman–Crippen LogP) is 6.48. The highest BCUT2D eigenvalue weighted by Crippen LogP contribution is 2.39. The maximum absolute atomic E-state index is 13.7. The number of amides is 1. The number of benzene rings is 1. The van der Waals surface area contributed by atoms with Crippen molar-refractivity contribution < 1.29 is 41.0 Å². The van der Waals surface area contributed by atoms with Crippen LogP contribution in [-0.2, 0) is 26.6 Å². The molecule has 0 atom stereocenters. The number of carbonyl (C=O) groups excluding carboxylic acids is 1. The van der Waals surface area contributed by atoms with Gasteiger partial charge >= 0.3 is 12.1 Å². The lowest BCUT2D eigenvalue weighted by atomic mass is 9.87. The van der Waals surface area contributed by atoms with Crippen molar-refractivity contribution in [1.82, 2.24) is 4.98 Å². The van der Waals surface area contributed by atoms with E-state index in [1.165, 1.54) is 17.0 Å². The van der Waals surface area contributed by atoms with Crippen LogP contribution in [0.1, 0.15) is 81.3 Å². The number of anilines is 1. The topological polar surface area (TPSA) is 114 Å². The SMILES string of the molecule is CC.CC(C)N(C(=O)C1CCCCC1)c1ccc(Oc2ncc(CS(C)(=O)=O)cc2C(F)(F)F)cc1C(=O)O. The van der Waals surface area contributed by atoms with Gasteiger partial charge in [-0.3, -0.25) is 4.79 Å². The van der Waals surface area contributed by atoms with Crippen molar-refractivity contribution in [2.24, 2.45) is 5.92 Å². The molecule has 1 heterocycles. The van der Waals surface area contributed by atoms with E-state index in [4.69, 9.17) is 4.74 Å². The summed E-state index contributed by atoms with van der Waals surface area (Å²) in [5, 5.41) is 9.86. The molecule has 0 unspecified atom stereocenters. The van der Waals surface area contributed by atoms with Crippen LogP contribution in [0.15, 0.2) is 30.5 Å². The fourth-order valence-corrected chi connectivity index (χ4v) is 5.19. The number of hydrogen-bond acceptors (Lipinski definition) is 6. The fraction of sp³-hybridized carbons (Fsp3) is 0.519. The highest BCUT2D eigenvalue weighted by atomic mass is 32.2. The summed E-state index contributed by atoms with van der Waals surface area (Å²) >= 11 is 0. The second kappa shape index (κ2) is 13.3. The van der Waals surface area contributed by atoms with E-state index in [0.717, 1.165) is 37.8 Å². The first-order chi connectivity index (χ1) is 18.2. The first-order valence-electron chi connectivity index (χ1n) is 12.8. The van der Waals surface area contributed by atoms with E-state index < -0.39 is 39.2 Å². The van der Waals surface area contributed by atoms with Crippen LogP contribution in [0.25, 0.3) is 0 Å². The smallest absolute Gasteiger partial charge is 0.421 e. The molecule has 1 aromatic heterocycles. The predicted molar refractivity (Wildman–Crippen MR) is 142 cm³/mol. The van der Waals surface area contributed by atoms with Crippen molar-refractivity contribution in [2.45, 2.75) is 77.8 Å². The Hall–Kier alpha value is -3.15. The van der Waals surface area contributed by atoms with Gasteiger partial charge in [0.2, 0.25) is 11.8 Å². The zero-order chi connectivity index (χ0) is 29.5. The van der Waals surface area contributed by atoms with Gasteiger partial charge in [-0.25, -0.2) is 18.2 Å². The minimum Gasteiger partial charge on any atom is -0.478 e. The molecule has 0 saturated heterocycles. The Morgan fingerprint density at radius 1 is 1.13 bits per heavy atom. The molecule has 1 aliphatic rings. The van der Waals surface area contributed by atoms with Crippen LogP contribution >= 0.6 is 0 Å². The lowest BCUT2D eigenvalue weighted by Crippen LogP contribution is -2.42. The van der Waals surface area contributed by atoms with Gasteiger partial charge in [0.25, 0.3) is 0 Å². The summed E-state index contributed by atoms with van der Waals surface area (Å²) < 4.78 is 69.4. The van der Waals surface area contributed by atoms with E-state index in [9.17, 15) is 36.3 Å². The maximum Gasteiger partial charge on any atom is 0.421 e. The molecule has 2 aromatic rings. The van der Waals surface area contributed by atoms with E-state index in [1.54, 1.807) is 13.8 Å². The number of rotatable bonds is 8. The first kappa shape index (κ1) is 32.1. The normalized spacial score (nSPS) is 14.4. The molecule has 12 heteroatoms. The molecule has 0 radical (unpaired) electrons. The Morgan fingerprint density at radius 3 is 2.26 bits per heavy atom. The van der Waals surface area contributed by atoms with Gasteiger partial charge in [-0.1, -0.05) is 33.1 Å². The highest BCUT2D eigenvalue weighted by Gasteiger charge is 2.36. The van der Waals surface area contributed by atoms with Gasteiger partial charge in [-0.05, 0) is 56.5 Å². The standard InChI is InChI=1S/C25H29F3N2O6S.C2H6/c1-15(2)30(23(31)17-7-5-4-6-8-17)21-10-9-18(12-19(21)24(32)33)36-22-20(25(26,27)28)11-16(13-29-22)14-37(3,34)35;1-2/h9-13,15,17H,4-8,14H2,1-3H3,(H,32,33);1-2H3. The van der Waals surface area contributed by atoms with E-state index in [1.807, 2.05) is 13.8 Å². The third-order valence-corrected chi connectivity index (χ3v) is 6.88. The molecule has 0 spiro atoms. The lowest BCUT2D eigenvalue weighted by Gasteiger charge is -2.33. The number of pyridine rings is 1. The minimum atomic E-state index is -4.91. The van der Waals surface area contributed by atoms with Gasteiger partial charge in [0.1, 0.15) is 11.3 Å². The summed E-state index contributed by atoms with van der Waals surface area (Å²) in [6.07, 6.45) is 1.24. The summed E-state index contributed by atoms with van der Waals surface area (Å²) in [7, 11) is -3.61. The molecule has 1 N–H and O–H groups in total. The van der Waals surface area contributed by atoms with E-state index in [2.05, 4.69) is 4.98 Å². The van der Waals surface area contributed by atoms with Gasteiger partial charge in [0, 0.05) is 24.4 Å². The highest BCUT2D eigenvalue weighted by molar-refractivity contribution is 7.89. The average Bonchev–Trinajstić information content (AvgIpc) is 2.85. The van der Waals surface area contributed by atoms with Crippen molar-refractivity contribution in [3.8, 4) is 11.6 Å². The van der Waals surface area contributed by atoms with Crippen LogP contribution in [0.4, 0.5) is 18.9 Å². The average molecular weight is 573 g/mol. The van der Waals surface area contributed by atoms with Crippen molar-refractivity contribution >= 4 is 27.4 Å². The minimum absolute atomic E-state index is 0.123. The molecule has 1 fully saturated rings. The number of aromatic carboxylic acids is 1. The van der Waals surface area contributed by atoms with Crippen LogP contribution in [0.3, 0.4) is 0 Å². The Kier molecular flexibility index (Phi) is 10.9. The molecule has 1 aromatic carbocycles. The van der Waals surface area contributed by atoms with Gasteiger partial charge < -0.3 is 14.7 Å². The molecule has 39 heavy (non-hydrogen) atoms. The third kappa shape index (κ3) is 8.67. The third-order valence-electron chi connectivity index (χ3n) is 6.02. The molecular formula is C27H35F3N2O6S. The Morgan fingerprint density at radius 2 is 1.74 bits per heavy atom. The second-order valence-electron chi connectivity index (χ2n) is 9.49. The molecular weight excluding hydrogens is 537 g/mol. The van der Waals surface area contributed by atoms with E-state index in [-0.39, 0.29) is 40.4 Å². The Labute approximate surface area is 227 Å². The van der Waals surface area contributed by atoms with E-state index in [0.29, 0.717) is 18.9 Å². The number of carboxylic acid groups (broad SMARTS) is 1. The van der Waals surface area contributed by atoms with E-state index >= 15 is 0 Å². The van der Waals surface area contributed by atoms with Crippen molar-refractivity contribution in [1.29, 1.82) is 0 Å². The van der Waals surface area contributed by atoms with Crippen molar-refractivity contribution in [3.05, 3.63) is 47.2 Å².